The van der Waals surface area contributed by atoms with Crippen LogP contribution >= 0.6 is 23.4 Å². The van der Waals surface area contributed by atoms with Crippen molar-refractivity contribution in [3.63, 3.8) is 0 Å². The fourth-order valence-corrected chi connectivity index (χ4v) is 3.23. The summed E-state index contributed by atoms with van der Waals surface area (Å²) < 4.78 is 0. The molecule has 3 nitrogen and oxygen atoms in total. The number of halogens is 1. The first kappa shape index (κ1) is 12.1. The molecule has 0 aromatic carbocycles. The van der Waals surface area contributed by atoms with Gasteiger partial charge in [0.25, 0.3) is 0 Å². The third kappa shape index (κ3) is 3.34. The maximum absolute atomic E-state index is 5.92. The molecule has 1 aliphatic heterocycles. The molecule has 16 heavy (non-hydrogen) atoms. The van der Waals surface area contributed by atoms with E-state index in [1.165, 1.54) is 5.75 Å². The minimum absolute atomic E-state index is 0.543. The van der Waals surface area contributed by atoms with Crippen molar-refractivity contribution in [2.45, 2.75) is 25.6 Å². The maximum Gasteiger partial charge on any atom is 0.144 e. The van der Waals surface area contributed by atoms with E-state index in [4.69, 9.17) is 11.6 Å². The van der Waals surface area contributed by atoms with E-state index in [-0.39, 0.29) is 0 Å². The van der Waals surface area contributed by atoms with Gasteiger partial charge in [-0.2, -0.15) is 11.8 Å². The summed E-state index contributed by atoms with van der Waals surface area (Å²) >= 11 is 7.95. The molecule has 1 fully saturated rings. The van der Waals surface area contributed by atoms with Crippen LogP contribution in [0.15, 0.2) is 6.07 Å². The molecule has 0 spiro atoms. The van der Waals surface area contributed by atoms with Crippen LogP contribution in [0.3, 0.4) is 0 Å². The Balaban J connectivity index is 2.02. The molecule has 5 heteroatoms. The van der Waals surface area contributed by atoms with Gasteiger partial charge < -0.3 is 0 Å². The highest BCUT2D eigenvalue weighted by Gasteiger charge is 2.17. The first-order chi connectivity index (χ1) is 7.63. The van der Waals surface area contributed by atoms with Crippen LogP contribution < -0.4 is 0 Å². The number of nitrogens with zero attached hydrogens (tertiary/aromatic N) is 3. The lowest BCUT2D eigenvalue weighted by molar-refractivity contribution is 0.271. The molecule has 88 valence electrons. The number of rotatable bonds is 2. The van der Waals surface area contributed by atoms with Gasteiger partial charge in [0, 0.05) is 29.8 Å². The van der Waals surface area contributed by atoms with Crippen molar-refractivity contribution in [2.24, 2.45) is 0 Å². The highest BCUT2D eigenvalue weighted by atomic mass is 35.5. The van der Waals surface area contributed by atoms with Crippen molar-refractivity contribution in [3.05, 3.63) is 22.7 Å². The molecule has 0 saturated carbocycles. The molecular weight excluding hydrogens is 242 g/mol. The van der Waals surface area contributed by atoms with Gasteiger partial charge in [0.2, 0.25) is 0 Å². The van der Waals surface area contributed by atoms with Gasteiger partial charge in [-0.05, 0) is 13.0 Å². The Bertz CT molecular complexity index is 352. The van der Waals surface area contributed by atoms with Gasteiger partial charge in [0.05, 0.1) is 6.54 Å². The molecule has 0 radical (unpaired) electrons. The van der Waals surface area contributed by atoms with E-state index in [2.05, 4.69) is 21.8 Å². The Labute approximate surface area is 106 Å². The highest BCUT2D eigenvalue weighted by molar-refractivity contribution is 7.99. The summed E-state index contributed by atoms with van der Waals surface area (Å²) in [4.78, 5) is 11.1. The molecule has 1 aromatic rings. The molecule has 1 unspecified atom stereocenters. The van der Waals surface area contributed by atoms with Crippen LogP contribution in [0.1, 0.15) is 18.4 Å². The quantitative estimate of drug-likeness (QED) is 0.761. The molecule has 0 N–H and O–H groups in total. The van der Waals surface area contributed by atoms with Crippen molar-refractivity contribution in [3.8, 4) is 0 Å². The fraction of sp³-hybridized carbons (Fsp3) is 0.636. The molecule has 1 saturated heterocycles. The van der Waals surface area contributed by atoms with Gasteiger partial charge in [0.1, 0.15) is 11.0 Å². The van der Waals surface area contributed by atoms with Crippen molar-refractivity contribution in [1.29, 1.82) is 0 Å². The van der Waals surface area contributed by atoms with Gasteiger partial charge in [-0.3, -0.25) is 4.90 Å². The molecule has 1 aliphatic rings. The number of hydrogen-bond donors (Lipinski definition) is 0. The van der Waals surface area contributed by atoms with E-state index < -0.39 is 0 Å². The van der Waals surface area contributed by atoms with Crippen LogP contribution in [-0.2, 0) is 6.54 Å². The largest absolute Gasteiger partial charge is 0.294 e. The third-order valence-corrected chi connectivity index (χ3v) is 3.89. The summed E-state index contributed by atoms with van der Waals surface area (Å²) in [7, 11) is 0. The molecule has 1 atom stereocenters. The second-order valence-electron chi connectivity index (χ2n) is 4.16. The predicted molar refractivity (Wildman–Crippen MR) is 69.0 cm³/mol. The number of aromatic nitrogens is 2. The van der Waals surface area contributed by atoms with E-state index in [0.29, 0.717) is 10.4 Å². The second-order valence-corrected chi connectivity index (χ2v) is 6.10. The molecule has 2 heterocycles. The lowest BCUT2D eigenvalue weighted by atomic mass is 10.3. The van der Waals surface area contributed by atoms with Gasteiger partial charge in [-0.15, -0.1) is 0 Å². The summed E-state index contributed by atoms with van der Waals surface area (Å²) in [5.74, 6) is 2.03. The van der Waals surface area contributed by atoms with Crippen LogP contribution in [0.5, 0.6) is 0 Å². The zero-order valence-electron chi connectivity index (χ0n) is 9.61. The van der Waals surface area contributed by atoms with E-state index in [1.54, 1.807) is 6.07 Å². The van der Waals surface area contributed by atoms with Crippen molar-refractivity contribution in [1.82, 2.24) is 14.9 Å². The molecular formula is C11H16ClN3S. The topological polar surface area (TPSA) is 29.0 Å². The lowest BCUT2D eigenvalue weighted by Crippen LogP contribution is -2.36. The van der Waals surface area contributed by atoms with Gasteiger partial charge in [-0.25, -0.2) is 9.97 Å². The summed E-state index contributed by atoms with van der Waals surface area (Å²) in [6, 6.07) is 1.79. The van der Waals surface area contributed by atoms with Crippen molar-refractivity contribution >= 4 is 23.4 Å². The van der Waals surface area contributed by atoms with Crippen LogP contribution in [0.2, 0.25) is 5.15 Å². The smallest absolute Gasteiger partial charge is 0.144 e. The van der Waals surface area contributed by atoms with E-state index in [1.807, 2.05) is 18.7 Å². The average molecular weight is 258 g/mol. The first-order valence-electron chi connectivity index (χ1n) is 5.47. The minimum atomic E-state index is 0.543. The SMILES string of the molecule is Cc1cc(Cl)nc(CN2CCSC(C)C2)n1. The number of aryl methyl sites for hydroxylation is 1. The Morgan fingerprint density at radius 1 is 1.56 bits per heavy atom. The summed E-state index contributed by atoms with van der Waals surface area (Å²) in [5, 5.41) is 1.25. The first-order valence-corrected chi connectivity index (χ1v) is 6.90. The minimum Gasteiger partial charge on any atom is -0.294 e. The number of thioether (sulfide) groups is 1. The second kappa shape index (κ2) is 5.34. The van der Waals surface area contributed by atoms with E-state index >= 15 is 0 Å². The molecule has 0 amide bonds. The van der Waals surface area contributed by atoms with Crippen LogP contribution in [-0.4, -0.2) is 39.0 Å². The fourth-order valence-electron chi connectivity index (χ4n) is 1.89. The summed E-state index contributed by atoms with van der Waals surface area (Å²) in [6.45, 7) is 7.25. The van der Waals surface area contributed by atoms with Gasteiger partial charge in [0.15, 0.2) is 0 Å². The zero-order valence-corrected chi connectivity index (χ0v) is 11.2. The Morgan fingerprint density at radius 3 is 3.06 bits per heavy atom. The van der Waals surface area contributed by atoms with Gasteiger partial charge in [-0.1, -0.05) is 18.5 Å². The van der Waals surface area contributed by atoms with Crippen LogP contribution in [0.25, 0.3) is 0 Å². The van der Waals surface area contributed by atoms with E-state index in [0.717, 1.165) is 31.2 Å². The normalized spacial score (nSPS) is 22.3. The molecule has 1 aromatic heterocycles. The van der Waals surface area contributed by atoms with Crippen LogP contribution in [0, 0.1) is 6.92 Å². The molecule has 0 aliphatic carbocycles. The number of hydrogen-bond acceptors (Lipinski definition) is 4. The Hall–Kier alpha value is -0.320. The zero-order chi connectivity index (χ0) is 11.5. The van der Waals surface area contributed by atoms with Gasteiger partial charge >= 0.3 is 0 Å². The summed E-state index contributed by atoms with van der Waals surface area (Å²) in [5.41, 5.74) is 0.939. The van der Waals surface area contributed by atoms with Crippen LogP contribution in [0.4, 0.5) is 0 Å². The maximum atomic E-state index is 5.92. The lowest BCUT2D eigenvalue weighted by Gasteiger charge is -2.29. The van der Waals surface area contributed by atoms with E-state index in [9.17, 15) is 0 Å². The standard InChI is InChI=1S/C11H16ClN3S/c1-8-5-10(12)14-11(13-8)7-15-3-4-16-9(2)6-15/h5,9H,3-4,6-7H2,1-2H3. The molecule has 0 bridgehead atoms. The predicted octanol–water partition coefficient (Wildman–Crippen LogP) is 2.38. The monoisotopic (exact) mass is 257 g/mol. The summed E-state index contributed by atoms with van der Waals surface area (Å²) in [6.07, 6.45) is 0. The molecule has 2 rings (SSSR count). The Morgan fingerprint density at radius 2 is 2.38 bits per heavy atom. The Kier molecular flexibility index (Phi) is 4.05. The van der Waals surface area contributed by atoms with Crippen molar-refractivity contribution in [2.75, 3.05) is 18.8 Å². The third-order valence-electron chi connectivity index (χ3n) is 2.56. The highest BCUT2D eigenvalue weighted by Crippen LogP contribution is 2.19. The van der Waals surface area contributed by atoms with Crippen molar-refractivity contribution < 1.29 is 0 Å². The average Bonchev–Trinajstić information content (AvgIpc) is 2.15.